The molecule has 15 nitrogen and oxygen atoms in total. The maximum absolute atomic E-state index is 14.7. The van der Waals surface area contributed by atoms with Crippen LogP contribution in [0.5, 0.6) is 0 Å². The van der Waals surface area contributed by atoms with Crippen LogP contribution in [-0.2, 0) is 53.0 Å². The molecule has 3 aliphatic heterocycles. The van der Waals surface area contributed by atoms with Crippen LogP contribution >= 0.6 is 0 Å². The third-order valence-corrected chi connectivity index (χ3v) is 12.2. The van der Waals surface area contributed by atoms with Gasteiger partial charge in [0.15, 0.2) is 0 Å². The molecule has 0 aromatic heterocycles. The number of amides is 5. The lowest BCUT2D eigenvalue weighted by Gasteiger charge is -2.36. The first-order valence-electron chi connectivity index (χ1n) is 19.4. The summed E-state index contributed by atoms with van der Waals surface area (Å²) in [5.74, 6) is -1.77. The van der Waals surface area contributed by atoms with Crippen molar-refractivity contribution in [3.63, 3.8) is 0 Å². The average molecular weight is 797 g/mol. The molecule has 7 atom stereocenters. The Hall–Kier alpha value is -4.12. The number of ether oxygens (including phenoxy) is 3. The lowest BCUT2D eigenvalue weighted by Crippen LogP contribution is -2.61. The minimum absolute atomic E-state index is 0.0236. The van der Waals surface area contributed by atoms with Gasteiger partial charge in [-0.05, 0) is 49.3 Å². The van der Waals surface area contributed by atoms with Gasteiger partial charge in [0.2, 0.25) is 17.7 Å². The lowest BCUT2D eigenvalue weighted by atomic mass is 9.85. The van der Waals surface area contributed by atoms with E-state index in [0.717, 1.165) is 29.5 Å². The molecule has 4 bridgehead atoms. The van der Waals surface area contributed by atoms with Crippen molar-refractivity contribution in [1.29, 1.82) is 0 Å². The van der Waals surface area contributed by atoms with Gasteiger partial charge in [-0.1, -0.05) is 57.2 Å². The fraction of sp³-hybridized carbons (Fsp3) is 0.625. The molecule has 1 aromatic carbocycles. The molecule has 1 saturated heterocycles. The first-order valence-corrected chi connectivity index (χ1v) is 20.6. The number of hydrogen-bond acceptors (Lipinski definition) is 10. The summed E-state index contributed by atoms with van der Waals surface area (Å²) in [6.07, 6.45) is 5.59. The average Bonchev–Trinajstić information content (AvgIpc) is 3.99. The van der Waals surface area contributed by atoms with Crippen molar-refractivity contribution < 1.29 is 42.7 Å². The fourth-order valence-electron chi connectivity index (χ4n) is 7.41. The van der Waals surface area contributed by atoms with Gasteiger partial charge in [-0.3, -0.25) is 19.3 Å². The molecule has 1 aromatic rings. The molecule has 6 rings (SSSR count). The highest BCUT2D eigenvalue weighted by Gasteiger charge is 2.57. The molecule has 306 valence electrons. The second-order valence-corrected chi connectivity index (χ2v) is 19.1. The second-order valence-electron chi connectivity index (χ2n) is 17.5. The topological polar surface area (TPSA) is 191 Å². The van der Waals surface area contributed by atoms with Gasteiger partial charge in [0, 0.05) is 43.1 Å². The van der Waals surface area contributed by atoms with Crippen molar-refractivity contribution in [2.24, 2.45) is 11.3 Å². The van der Waals surface area contributed by atoms with E-state index in [1.54, 1.807) is 58.6 Å². The number of fused-ring (bicyclic) bond motifs is 3. The Morgan fingerprint density at radius 2 is 1.89 bits per heavy atom. The molecule has 3 fully saturated rings. The summed E-state index contributed by atoms with van der Waals surface area (Å²) in [5.41, 5.74) is 0.359. The molecule has 1 unspecified atom stereocenters. The van der Waals surface area contributed by atoms with E-state index in [-0.39, 0.29) is 43.9 Å². The molecule has 2 saturated carbocycles. The van der Waals surface area contributed by atoms with Gasteiger partial charge < -0.3 is 39.6 Å². The van der Waals surface area contributed by atoms with Crippen LogP contribution in [0.1, 0.15) is 83.9 Å². The van der Waals surface area contributed by atoms with Gasteiger partial charge in [0.25, 0.3) is 0 Å². The fourth-order valence-corrected chi connectivity index (χ4v) is 8.61. The molecule has 0 radical (unpaired) electrons. The van der Waals surface area contributed by atoms with Gasteiger partial charge >= 0.3 is 12.2 Å². The Morgan fingerprint density at radius 3 is 2.55 bits per heavy atom. The maximum atomic E-state index is 14.7. The number of carbonyl (C=O) groups excluding carboxylic acids is 5. The van der Waals surface area contributed by atoms with Gasteiger partial charge in [0.1, 0.15) is 35.1 Å². The van der Waals surface area contributed by atoms with Crippen molar-refractivity contribution in [2.75, 3.05) is 26.3 Å². The van der Waals surface area contributed by atoms with E-state index in [2.05, 4.69) is 27.3 Å². The van der Waals surface area contributed by atoms with Crippen LogP contribution < -0.4 is 20.7 Å². The summed E-state index contributed by atoms with van der Waals surface area (Å²) in [5, 5.41) is 8.68. The predicted molar refractivity (Wildman–Crippen MR) is 209 cm³/mol. The molecule has 2 aliphatic carbocycles. The summed E-state index contributed by atoms with van der Waals surface area (Å²) in [4.78, 5) is 72.7. The molecular formula is C40H56N6O9S. The van der Waals surface area contributed by atoms with Gasteiger partial charge in [-0.25, -0.2) is 9.59 Å². The minimum atomic E-state index is -1.24. The second kappa shape index (κ2) is 16.4. The zero-order valence-corrected chi connectivity index (χ0v) is 34.0. The first-order chi connectivity index (χ1) is 26.4. The largest absolute Gasteiger partial charge is 0.598 e. The van der Waals surface area contributed by atoms with E-state index in [1.807, 2.05) is 24.3 Å². The van der Waals surface area contributed by atoms with Crippen LogP contribution in [0.25, 0.3) is 6.08 Å². The summed E-state index contributed by atoms with van der Waals surface area (Å²) in [6, 6.07) is 2.33. The summed E-state index contributed by atoms with van der Waals surface area (Å²) >= 11 is -1.23. The van der Waals surface area contributed by atoms with Crippen LogP contribution in [0.3, 0.4) is 0 Å². The van der Waals surface area contributed by atoms with Crippen LogP contribution in [-0.4, -0.2) is 111 Å². The summed E-state index contributed by atoms with van der Waals surface area (Å²) < 4.78 is 33.1. The standard InChI is InChI=1S/C40H56N6O9S/c1-8-26-18-40(26,23-41-56(52)28-14-15-28)44-34(48)31-17-27-20-46(31)35(49)32(38(2,3)4)43-33(47)30(42-36(50)55-39(5,6)7)22-53-16-10-13-24-11-9-12-25-19-45(21-29(24)25)37(51)54-27/h8-13,26-28,30-32,41H,1,14-23H2,2-7H3,(H,42,50)(H,43,47)(H,44,48)/b13-10+/t26-,27-,30+,31+,32-,40+,56?/m1/s1. The SMILES string of the molecule is C=C[C@@H]1C[C@@]1(CN[S+]([O-])C1CC1)NC(=O)[C@@H]1C[C@@H]2CN1C(=O)[C@H](C(C)(C)C)NC(=O)[C@@H](NC(=O)OC(C)(C)C)COC/C=C/c1cccc3c1CN(C3)C(=O)O2. The molecule has 4 N–H and O–H groups in total. The van der Waals surface area contributed by atoms with E-state index < -0.39 is 82.1 Å². The van der Waals surface area contributed by atoms with Crippen LogP contribution in [0.15, 0.2) is 36.9 Å². The third-order valence-electron chi connectivity index (χ3n) is 10.7. The van der Waals surface area contributed by atoms with Gasteiger partial charge in [-0.2, -0.15) is 0 Å². The molecule has 16 heteroatoms. The number of alkyl carbamates (subject to hydrolysis) is 1. The van der Waals surface area contributed by atoms with Gasteiger partial charge in [-0.15, -0.1) is 11.3 Å². The van der Waals surface area contributed by atoms with E-state index in [0.29, 0.717) is 19.5 Å². The van der Waals surface area contributed by atoms with Crippen molar-refractivity contribution >= 4 is 47.3 Å². The number of hydrogen-bond donors (Lipinski definition) is 4. The highest BCUT2D eigenvalue weighted by atomic mass is 32.2. The van der Waals surface area contributed by atoms with Crippen molar-refractivity contribution in [3.05, 3.63) is 53.6 Å². The molecule has 5 amide bonds. The molecule has 0 spiro atoms. The Bertz CT molecular complexity index is 1740. The summed E-state index contributed by atoms with van der Waals surface area (Å²) in [6.45, 7) is 15.1. The number of nitrogens with zero attached hydrogens (tertiary/aromatic N) is 2. The Kier molecular flexibility index (Phi) is 12.2. The predicted octanol–water partition coefficient (Wildman–Crippen LogP) is 3.05. The molecule has 56 heavy (non-hydrogen) atoms. The molecular weight excluding hydrogens is 741 g/mol. The third kappa shape index (κ3) is 9.87. The molecule has 5 aliphatic rings. The normalized spacial score (nSPS) is 29.6. The van der Waals surface area contributed by atoms with Crippen molar-refractivity contribution in [2.45, 2.75) is 121 Å². The van der Waals surface area contributed by atoms with Crippen LogP contribution in [0.2, 0.25) is 0 Å². The monoisotopic (exact) mass is 796 g/mol. The van der Waals surface area contributed by atoms with Gasteiger partial charge in [0.05, 0.1) is 38.4 Å². The van der Waals surface area contributed by atoms with E-state index in [4.69, 9.17) is 14.2 Å². The van der Waals surface area contributed by atoms with E-state index in [1.165, 1.54) is 4.90 Å². The Morgan fingerprint density at radius 1 is 1.14 bits per heavy atom. The van der Waals surface area contributed by atoms with Crippen LogP contribution in [0.4, 0.5) is 9.59 Å². The van der Waals surface area contributed by atoms with Crippen LogP contribution in [0, 0.1) is 11.3 Å². The highest BCUT2D eigenvalue weighted by molar-refractivity contribution is 7.90. The zero-order chi connectivity index (χ0) is 40.6. The number of benzene rings is 1. The van der Waals surface area contributed by atoms with E-state index in [9.17, 15) is 28.5 Å². The maximum Gasteiger partial charge on any atom is 0.410 e. The smallest absolute Gasteiger partial charge is 0.410 e. The zero-order valence-electron chi connectivity index (χ0n) is 33.2. The number of nitrogens with one attached hydrogen (secondary N) is 4. The van der Waals surface area contributed by atoms with E-state index >= 15 is 0 Å². The van der Waals surface area contributed by atoms with Crippen molar-refractivity contribution in [3.8, 4) is 0 Å². The van der Waals surface area contributed by atoms with Crippen molar-refractivity contribution in [1.82, 2.24) is 30.5 Å². The minimum Gasteiger partial charge on any atom is -0.598 e. The Labute approximate surface area is 332 Å². The lowest BCUT2D eigenvalue weighted by molar-refractivity contribution is -0.144. The molecule has 3 heterocycles. The Balaban J connectivity index is 1.30. The quantitative estimate of drug-likeness (QED) is 0.225. The highest BCUT2D eigenvalue weighted by Crippen LogP contribution is 2.45. The first kappa shape index (κ1) is 41.5. The number of rotatable bonds is 8. The summed E-state index contributed by atoms with van der Waals surface area (Å²) in [7, 11) is 0. The number of carbonyl (C=O) groups is 5.